The Labute approximate surface area is 530 Å². The summed E-state index contributed by atoms with van der Waals surface area (Å²) in [5.74, 6) is 3.04. The summed E-state index contributed by atoms with van der Waals surface area (Å²) in [5, 5.41) is 4.28. The fourth-order valence-electron chi connectivity index (χ4n) is 12.8. The van der Waals surface area contributed by atoms with E-state index < -0.39 is 0 Å². The molecule has 0 atom stereocenters. The Morgan fingerprint density at radius 2 is 0.500 bits per heavy atom. The summed E-state index contributed by atoms with van der Waals surface area (Å²) in [7, 11) is 0. The van der Waals surface area contributed by atoms with Gasteiger partial charge in [0, 0.05) is 71.7 Å². The molecule has 92 heavy (non-hydrogen) atoms. The van der Waals surface area contributed by atoms with Gasteiger partial charge >= 0.3 is 0 Å². The van der Waals surface area contributed by atoms with Crippen molar-refractivity contribution in [2.24, 2.45) is 0 Å². The molecule has 0 aliphatic heterocycles. The molecule has 0 saturated carbocycles. The molecule has 5 aromatic heterocycles. The normalized spacial score (nSPS) is 11.5. The van der Waals surface area contributed by atoms with Crippen LogP contribution in [0.4, 0.5) is 0 Å². The van der Waals surface area contributed by atoms with E-state index in [1.807, 2.05) is 78.9 Å². The highest BCUT2D eigenvalue weighted by molar-refractivity contribution is 6.14. The number of nitrogens with zero attached hydrogens (tertiary/aromatic N) is 9. The van der Waals surface area contributed by atoms with Gasteiger partial charge in [-0.25, -0.2) is 34.9 Å². The molecule has 17 aromatic rings. The first-order chi connectivity index (χ1) is 45.6. The lowest BCUT2D eigenvalue weighted by molar-refractivity contribution is 1.05. The summed E-state index contributed by atoms with van der Waals surface area (Å²) >= 11 is 0. The minimum Gasteiger partial charge on any atom is -0.309 e. The van der Waals surface area contributed by atoms with Crippen molar-refractivity contribution in [1.82, 2.24) is 44.0 Å². The van der Waals surface area contributed by atoms with Crippen LogP contribution < -0.4 is 0 Å². The third-order valence-corrected chi connectivity index (χ3v) is 17.2. The average molecular weight is 1180 g/mol. The summed E-state index contributed by atoms with van der Waals surface area (Å²) < 4.78 is 4.75. The summed E-state index contributed by atoms with van der Waals surface area (Å²) in [6.45, 7) is 0. The molecule has 9 nitrogen and oxygen atoms in total. The quantitative estimate of drug-likeness (QED) is 0.120. The second kappa shape index (κ2) is 22.8. The van der Waals surface area contributed by atoms with E-state index in [2.05, 4.69) is 252 Å². The Kier molecular flexibility index (Phi) is 13.3. The van der Waals surface area contributed by atoms with E-state index in [1.165, 1.54) is 0 Å². The van der Waals surface area contributed by atoms with E-state index in [0.717, 1.165) is 133 Å². The maximum absolute atomic E-state index is 5.62. The second-order valence-corrected chi connectivity index (χ2v) is 22.9. The molecule has 5 heterocycles. The largest absolute Gasteiger partial charge is 0.309 e. The van der Waals surface area contributed by atoms with Crippen molar-refractivity contribution in [3.8, 4) is 124 Å². The van der Waals surface area contributed by atoms with Gasteiger partial charge in [-0.05, 0) is 89.0 Å². The van der Waals surface area contributed by atoms with Gasteiger partial charge in [-0.3, -0.25) is 0 Å². The first kappa shape index (κ1) is 53.6. The van der Waals surface area contributed by atoms with Crippen molar-refractivity contribution >= 4 is 43.6 Å². The molecule has 0 aliphatic carbocycles. The van der Waals surface area contributed by atoms with Gasteiger partial charge in [0.25, 0.3) is 0 Å². The Hall–Kier alpha value is -12.6. The fourth-order valence-corrected chi connectivity index (χ4v) is 12.8. The van der Waals surface area contributed by atoms with Gasteiger partial charge < -0.3 is 9.13 Å². The monoisotopic (exact) mass is 1180 g/mol. The van der Waals surface area contributed by atoms with Gasteiger partial charge in [0.2, 0.25) is 0 Å². The number of aromatic nitrogens is 9. The van der Waals surface area contributed by atoms with Crippen LogP contribution in [-0.2, 0) is 0 Å². The zero-order valence-corrected chi connectivity index (χ0v) is 49.6. The van der Waals surface area contributed by atoms with Gasteiger partial charge in [0.05, 0.1) is 39.1 Å². The molecule has 17 rings (SSSR count). The lowest BCUT2D eigenvalue weighted by atomic mass is 10.0. The molecule has 0 amide bonds. The highest BCUT2D eigenvalue weighted by Gasteiger charge is 2.28. The number of benzene rings is 12. The van der Waals surface area contributed by atoms with Crippen molar-refractivity contribution in [2.45, 2.75) is 0 Å². The number of fused-ring (bicyclic) bond motifs is 6. The van der Waals surface area contributed by atoms with Gasteiger partial charge in [-0.15, -0.1) is 0 Å². The van der Waals surface area contributed by atoms with Crippen molar-refractivity contribution in [2.75, 3.05) is 0 Å². The predicted molar refractivity (Wildman–Crippen MR) is 374 cm³/mol. The Balaban J connectivity index is 1.03. The summed E-state index contributed by atoms with van der Waals surface area (Å²) in [6, 6.07) is 112. The fraction of sp³-hybridized carbons (Fsp3) is 0. The van der Waals surface area contributed by atoms with Crippen LogP contribution in [0, 0.1) is 0 Å². The van der Waals surface area contributed by atoms with Crippen molar-refractivity contribution < 1.29 is 0 Å². The molecule has 0 saturated heterocycles. The van der Waals surface area contributed by atoms with E-state index in [9.17, 15) is 0 Å². The van der Waals surface area contributed by atoms with E-state index in [4.69, 9.17) is 34.9 Å². The summed E-state index contributed by atoms with van der Waals surface area (Å²) in [5.41, 5.74) is 18.7. The molecule has 0 fully saturated rings. The first-order valence-electron chi connectivity index (χ1n) is 30.8. The minimum atomic E-state index is 0.459. The van der Waals surface area contributed by atoms with E-state index >= 15 is 0 Å². The van der Waals surface area contributed by atoms with Crippen LogP contribution in [0.5, 0.6) is 0 Å². The molecule has 0 radical (unpaired) electrons. The zero-order valence-electron chi connectivity index (χ0n) is 49.6. The lowest BCUT2D eigenvalue weighted by Gasteiger charge is -2.21. The summed E-state index contributed by atoms with van der Waals surface area (Å²) in [6.07, 6.45) is 0. The topological polar surface area (TPSA) is 100 Å². The van der Waals surface area contributed by atoms with E-state index in [-0.39, 0.29) is 0 Å². The van der Waals surface area contributed by atoms with E-state index in [0.29, 0.717) is 34.9 Å². The van der Waals surface area contributed by atoms with Crippen molar-refractivity contribution in [3.63, 3.8) is 0 Å². The zero-order chi connectivity index (χ0) is 60.9. The third-order valence-electron chi connectivity index (χ3n) is 17.2. The Morgan fingerprint density at radius 3 is 0.935 bits per heavy atom. The van der Waals surface area contributed by atoms with E-state index in [1.54, 1.807) is 0 Å². The number of para-hydroxylation sites is 1. The molecule has 0 unspecified atom stereocenters. The van der Waals surface area contributed by atoms with Crippen LogP contribution in [0.2, 0.25) is 0 Å². The maximum Gasteiger partial charge on any atom is 0.166 e. The Bertz CT molecular complexity index is 5240. The Morgan fingerprint density at radius 1 is 0.185 bits per heavy atom. The third kappa shape index (κ3) is 9.74. The van der Waals surface area contributed by atoms with Gasteiger partial charge in [0.15, 0.2) is 34.9 Å². The molecule has 0 N–H and O–H groups in total. The van der Waals surface area contributed by atoms with Crippen LogP contribution in [0.3, 0.4) is 0 Å². The van der Waals surface area contributed by atoms with Crippen LogP contribution in [-0.4, -0.2) is 44.0 Å². The molecule has 0 bridgehead atoms. The lowest BCUT2D eigenvalue weighted by Crippen LogP contribution is -2.09. The smallest absolute Gasteiger partial charge is 0.166 e. The van der Waals surface area contributed by atoms with Gasteiger partial charge in [0.1, 0.15) is 0 Å². The molecule has 0 spiro atoms. The second-order valence-electron chi connectivity index (χ2n) is 22.9. The SMILES string of the molecule is c1ccc(-c2ccc3c(c2)c2cc(-c4ccccc4)ccc2n3-c2c(-c3nc(-c4ccccc4)nc(-c4ccccc4)n3)cc(-n3c4ccccc4c4cc(-c5cccc(-c6ccccc6)n5)ccc43)cc2-c2nc(-c3ccccc3)nc(-c3ccccc3)n2)cc1. The highest BCUT2D eigenvalue weighted by Crippen LogP contribution is 2.46. The molecular formula is C83H53N9. The van der Waals surface area contributed by atoms with Crippen LogP contribution in [0.25, 0.3) is 168 Å². The highest BCUT2D eigenvalue weighted by atomic mass is 15.1. The summed E-state index contributed by atoms with van der Waals surface area (Å²) in [4.78, 5) is 38.3. The van der Waals surface area contributed by atoms with Crippen LogP contribution >= 0.6 is 0 Å². The maximum atomic E-state index is 5.62. The molecule has 430 valence electrons. The predicted octanol–water partition coefficient (Wildman–Crippen LogP) is 20.3. The molecular weight excluding hydrogens is 1120 g/mol. The average Bonchev–Trinajstić information content (AvgIpc) is 1.50. The molecule has 0 aliphatic rings. The number of rotatable bonds is 12. The van der Waals surface area contributed by atoms with Gasteiger partial charge in [-0.1, -0.05) is 255 Å². The van der Waals surface area contributed by atoms with Crippen molar-refractivity contribution in [1.29, 1.82) is 0 Å². The standard InChI is InChI=1S/C83H53N9/c1-8-25-54(26-9-1)61-43-46-75-67(49-61)68-50-62(55-27-10-2-11-28-55)44-47-76(68)92(75)77-69(82-87-78(57-31-14-4-15-32-57)85-79(88-82)58-33-16-5-17-34-58)52-64(53-70(77)83-89-80(59-35-18-6-19-36-59)86-81(90-83)60-37-20-7-21-38-60)91-73-42-23-22-39-65(73)66-51-63(45-48-74(66)91)72-41-24-40-71(84-72)56-29-12-3-13-30-56/h1-53H. The van der Waals surface area contributed by atoms with Crippen LogP contribution in [0.15, 0.2) is 322 Å². The number of hydrogen-bond donors (Lipinski definition) is 0. The van der Waals surface area contributed by atoms with Crippen molar-refractivity contribution in [3.05, 3.63) is 322 Å². The molecule has 12 aromatic carbocycles. The van der Waals surface area contributed by atoms with Gasteiger partial charge in [-0.2, -0.15) is 0 Å². The van der Waals surface area contributed by atoms with Crippen LogP contribution in [0.1, 0.15) is 0 Å². The molecule has 9 heteroatoms. The number of hydrogen-bond acceptors (Lipinski definition) is 7. The number of pyridine rings is 1. The minimum absolute atomic E-state index is 0.459. The first-order valence-corrected chi connectivity index (χ1v) is 30.8.